The molecule has 0 saturated heterocycles. The van der Waals surface area contributed by atoms with Crippen molar-refractivity contribution in [3.63, 3.8) is 0 Å². The van der Waals surface area contributed by atoms with E-state index >= 15 is 0 Å². The van der Waals surface area contributed by atoms with Crippen molar-refractivity contribution in [3.8, 4) is 0 Å². The predicted octanol–water partition coefficient (Wildman–Crippen LogP) is 6.13. The van der Waals surface area contributed by atoms with E-state index in [1.54, 1.807) is 0 Å². The van der Waals surface area contributed by atoms with Crippen LogP contribution in [0.5, 0.6) is 0 Å². The summed E-state index contributed by atoms with van der Waals surface area (Å²) in [5.74, 6) is 1.66. The number of hydrogen-bond acceptors (Lipinski definition) is 1. The van der Waals surface area contributed by atoms with Crippen molar-refractivity contribution in [2.75, 3.05) is 0 Å². The molecule has 0 spiro atoms. The zero-order valence-electron chi connectivity index (χ0n) is 12.6. The highest BCUT2D eigenvalue weighted by Gasteiger charge is 2.30. The van der Waals surface area contributed by atoms with Gasteiger partial charge in [-0.05, 0) is 37.8 Å². The third-order valence-corrected chi connectivity index (χ3v) is 5.27. The number of halogens is 2. The molecule has 1 aromatic heterocycles. The van der Waals surface area contributed by atoms with Crippen molar-refractivity contribution in [2.45, 2.75) is 57.4 Å². The normalized spacial score (nSPS) is 24.4. The number of benzene rings is 1. The largest absolute Gasteiger partial charge is 0.322 e. The van der Waals surface area contributed by atoms with Crippen LogP contribution in [0.4, 0.5) is 0 Å². The minimum absolute atomic E-state index is 0.104. The monoisotopic (exact) mass is 324 g/mol. The van der Waals surface area contributed by atoms with Crippen LogP contribution < -0.4 is 0 Å². The van der Waals surface area contributed by atoms with Crippen LogP contribution in [0.2, 0.25) is 5.02 Å². The number of fused-ring (bicyclic) bond motifs is 1. The van der Waals surface area contributed by atoms with E-state index in [-0.39, 0.29) is 5.38 Å². The average Bonchev–Trinajstić information content (AvgIpc) is 2.88. The van der Waals surface area contributed by atoms with Gasteiger partial charge in [-0.1, -0.05) is 43.9 Å². The molecule has 0 radical (unpaired) electrons. The van der Waals surface area contributed by atoms with E-state index in [9.17, 15) is 0 Å². The fraction of sp³-hybridized carbons (Fsp3) is 0.588. The molecule has 1 saturated carbocycles. The Labute approximate surface area is 136 Å². The highest BCUT2D eigenvalue weighted by molar-refractivity contribution is 6.35. The molecule has 0 aliphatic heterocycles. The molecular weight excluding hydrogens is 303 g/mol. The quantitative estimate of drug-likeness (QED) is 0.621. The fourth-order valence-corrected chi connectivity index (χ4v) is 4.16. The summed E-state index contributed by atoms with van der Waals surface area (Å²) >= 11 is 12.9. The summed E-state index contributed by atoms with van der Waals surface area (Å²) in [5.41, 5.74) is 2.03. The van der Waals surface area contributed by atoms with E-state index in [2.05, 4.69) is 11.5 Å². The zero-order chi connectivity index (χ0) is 15.0. The maximum Gasteiger partial charge on any atom is 0.128 e. The Morgan fingerprint density at radius 1 is 1.33 bits per heavy atom. The van der Waals surface area contributed by atoms with Crippen LogP contribution in [0.1, 0.15) is 63.2 Å². The van der Waals surface area contributed by atoms with Crippen LogP contribution in [0.15, 0.2) is 18.2 Å². The van der Waals surface area contributed by atoms with E-state index in [1.807, 2.05) is 25.1 Å². The number of imidazole rings is 1. The number of para-hydroxylation sites is 1. The number of alkyl halides is 1. The minimum atomic E-state index is -0.104. The summed E-state index contributed by atoms with van der Waals surface area (Å²) in [4.78, 5) is 4.76. The Bertz CT molecular complexity index is 633. The van der Waals surface area contributed by atoms with Crippen LogP contribution in [-0.4, -0.2) is 9.55 Å². The molecule has 0 bridgehead atoms. The standard InChI is InChI=1S/C17H22Cl2N2/c1-3-12-7-4-5-10-15(12)21-16-13(19)8-6-9-14(16)20-17(21)11(2)18/h6,8-9,11-12,15H,3-5,7,10H2,1-2H3. The van der Waals surface area contributed by atoms with Crippen molar-refractivity contribution in [1.29, 1.82) is 0 Å². The molecule has 1 fully saturated rings. The molecule has 114 valence electrons. The average molecular weight is 325 g/mol. The second-order valence-corrected chi connectivity index (χ2v) is 7.15. The molecule has 1 aliphatic rings. The van der Waals surface area contributed by atoms with Gasteiger partial charge in [-0.2, -0.15) is 0 Å². The van der Waals surface area contributed by atoms with Gasteiger partial charge in [-0.15, -0.1) is 11.6 Å². The van der Waals surface area contributed by atoms with Gasteiger partial charge in [0, 0.05) is 6.04 Å². The SMILES string of the molecule is CCC1CCCCC1n1c(C(C)Cl)nc2cccc(Cl)c21. The third-order valence-electron chi connectivity index (χ3n) is 4.77. The molecule has 3 rings (SSSR count). The van der Waals surface area contributed by atoms with Gasteiger partial charge in [0.1, 0.15) is 5.82 Å². The van der Waals surface area contributed by atoms with Crippen molar-refractivity contribution in [2.24, 2.45) is 5.92 Å². The first-order valence-corrected chi connectivity index (χ1v) is 8.75. The van der Waals surface area contributed by atoms with Crippen LogP contribution in [-0.2, 0) is 0 Å². The number of rotatable bonds is 3. The first kappa shape index (κ1) is 15.2. The maximum absolute atomic E-state index is 6.49. The molecule has 2 aromatic rings. The van der Waals surface area contributed by atoms with E-state index in [0.717, 1.165) is 21.9 Å². The van der Waals surface area contributed by atoms with Crippen molar-refractivity contribution in [1.82, 2.24) is 9.55 Å². The summed E-state index contributed by atoms with van der Waals surface area (Å²) in [7, 11) is 0. The fourth-order valence-electron chi connectivity index (χ4n) is 3.75. The Balaban J connectivity index is 2.21. The summed E-state index contributed by atoms with van der Waals surface area (Å²) < 4.78 is 2.35. The molecule has 1 aliphatic carbocycles. The summed E-state index contributed by atoms with van der Waals surface area (Å²) in [6.45, 7) is 4.28. The zero-order valence-corrected chi connectivity index (χ0v) is 14.2. The molecule has 21 heavy (non-hydrogen) atoms. The second kappa shape index (κ2) is 6.18. The van der Waals surface area contributed by atoms with Gasteiger partial charge in [0.05, 0.1) is 21.4 Å². The second-order valence-electron chi connectivity index (χ2n) is 6.08. The molecule has 4 heteroatoms. The Morgan fingerprint density at radius 2 is 2.10 bits per heavy atom. The highest BCUT2D eigenvalue weighted by Crippen LogP contribution is 2.41. The minimum Gasteiger partial charge on any atom is -0.322 e. The maximum atomic E-state index is 6.49. The smallest absolute Gasteiger partial charge is 0.128 e. The van der Waals surface area contributed by atoms with Crippen LogP contribution in [0, 0.1) is 5.92 Å². The Hall–Kier alpha value is -0.730. The highest BCUT2D eigenvalue weighted by atomic mass is 35.5. The van der Waals surface area contributed by atoms with E-state index < -0.39 is 0 Å². The summed E-state index contributed by atoms with van der Waals surface area (Å²) in [6, 6.07) is 6.42. The van der Waals surface area contributed by atoms with Gasteiger partial charge >= 0.3 is 0 Å². The van der Waals surface area contributed by atoms with Gasteiger partial charge in [0.2, 0.25) is 0 Å². The Morgan fingerprint density at radius 3 is 2.81 bits per heavy atom. The number of aromatic nitrogens is 2. The van der Waals surface area contributed by atoms with E-state index in [0.29, 0.717) is 12.0 Å². The van der Waals surface area contributed by atoms with Crippen LogP contribution >= 0.6 is 23.2 Å². The van der Waals surface area contributed by atoms with Crippen LogP contribution in [0.25, 0.3) is 11.0 Å². The third kappa shape index (κ3) is 2.68. The number of hydrogen-bond donors (Lipinski definition) is 0. The lowest BCUT2D eigenvalue weighted by Crippen LogP contribution is -2.24. The van der Waals surface area contributed by atoms with Gasteiger partial charge in [-0.3, -0.25) is 0 Å². The summed E-state index contributed by atoms with van der Waals surface area (Å²) in [6.07, 6.45) is 6.31. The Kier molecular flexibility index (Phi) is 4.46. The van der Waals surface area contributed by atoms with E-state index in [1.165, 1.54) is 32.1 Å². The van der Waals surface area contributed by atoms with Gasteiger partial charge in [-0.25, -0.2) is 4.98 Å². The lowest BCUT2D eigenvalue weighted by atomic mass is 9.82. The van der Waals surface area contributed by atoms with Crippen LogP contribution in [0.3, 0.4) is 0 Å². The van der Waals surface area contributed by atoms with Gasteiger partial charge in [0.15, 0.2) is 0 Å². The molecule has 1 aromatic carbocycles. The molecule has 3 unspecified atom stereocenters. The van der Waals surface area contributed by atoms with Crippen molar-refractivity contribution < 1.29 is 0 Å². The topological polar surface area (TPSA) is 17.8 Å². The lowest BCUT2D eigenvalue weighted by molar-refractivity contribution is 0.233. The first-order chi connectivity index (χ1) is 10.1. The first-order valence-electron chi connectivity index (χ1n) is 7.94. The molecular formula is C17H22Cl2N2. The van der Waals surface area contributed by atoms with Crippen molar-refractivity contribution >= 4 is 34.2 Å². The molecule has 0 N–H and O–H groups in total. The molecule has 1 heterocycles. The van der Waals surface area contributed by atoms with Gasteiger partial charge < -0.3 is 4.57 Å². The summed E-state index contributed by atoms with van der Waals surface area (Å²) in [5, 5.41) is 0.678. The number of nitrogens with zero attached hydrogens (tertiary/aromatic N) is 2. The van der Waals surface area contributed by atoms with Gasteiger partial charge in [0.25, 0.3) is 0 Å². The van der Waals surface area contributed by atoms with Crippen molar-refractivity contribution in [3.05, 3.63) is 29.0 Å². The van der Waals surface area contributed by atoms with E-state index in [4.69, 9.17) is 28.2 Å². The molecule has 2 nitrogen and oxygen atoms in total. The predicted molar refractivity (Wildman–Crippen MR) is 90.3 cm³/mol. The molecule has 0 amide bonds. The molecule has 3 atom stereocenters. The lowest BCUT2D eigenvalue weighted by Gasteiger charge is -2.34.